The standard InChI is InChI=1S/C18H17F3N4O3S/c19-18(20,21)12-3-1-2-4-13(12)27-11-5-7-25(8-6-11)17-22-9-14(29-17)16-23-15(10-26)28-24-16/h1-4,9,11,26H,5-8,10H2. The Morgan fingerprint density at radius 1 is 1.24 bits per heavy atom. The molecule has 0 saturated carbocycles. The summed E-state index contributed by atoms with van der Waals surface area (Å²) in [6.45, 7) is 0.892. The van der Waals surface area contributed by atoms with Crippen molar-refractivity contribution in [3.05, 3.63) is 41.9 Å². The Morgan fingerprint density at radius 2 is 2.00 bits per heavy atom. The maximum absolute atomic E-state index is 13.1. The first-order valence-corrected chi connectivity index (χ1v) is 9.73. The summed E-state index contributed by atoms with van der Waals surface area (Å²) < 4.78 is 49.9. The Bertz CT molecular complexity index is 967. The van der Waals surface area contributed by atoms with Crippen LogP contribution in [0.3, 0.4) is 0 Å². The van der Waals surface area contributed by atoms with Gasteiger partial charge in [0.25, 0.3) is 5.89 Å². The highest BCUT2D eigenvalue weighted by Gasteiger charge is 2.35. The van der Waals surface area contributed by atoms with Gasteiger partial charge in [0.15, 0.2) is 5.13 Å². The molecule has 1 N–H and O–H groups in total. The highest BCUT2D eigenvalue weighted by Crippen LogP contribution is 2.37. The molecule has 1 fully saturated rings. The van der Waals surface area contributed by atoms with Crippen molar-refractivity contribution < 1.29 is 27.5 Å². The minimum atomic E-state index is -4.44. The van der Waals surface area contributed by atoms with Crippen LogP contribution in [0.1, 0.15) is 24.3 Å². The van der Waals surface area contributed by atoms with Gasteiger partial charge in [-0.2, -0.15) is 18.2 Å². The van der Waals surface area contributed by atoms with E-state index in [1.165, 1.54) is 29.5 Å². The van der Waals surface area contributed by atoms with Crippen LogP contribution < -0.4 is 9.64 Å². The van der Waals surface area contributed by atoms with E-state index < -0.39 is 11.7 Å². The number of anilines is 1. The molecule has 0 atom stereocenters. The Kier molecular flexibility index (Phi) is 5.41. The molecule has 1 aliphatic heterocycles. The van der Waals surface area contributed by atoms with Gasteiger partial charge in [-0.25, -0.2) is 4.98 Å². The molecule has 2 aromatic heterocycles. The van der Waals surface area contributed by atoms with E-state index in [2.05, 4.69) is 20.0 Å². The lowest BCUT2D eigenvalue weighted by molar-refractivity contribution is -0.139. The van der Waals surface area contributed by atoms with Gasteiger partial charge in [-0.1, -0.05) is 28.6 Å². The van der Waals surface area contributed by atoms with E-state index in [0.717, 1.165) is 11.2 Å². The fourth-order valence-corrected chi connectivity index (χ4v) is 3.98. The minimum absolute atomic E-state index is 0.132. The molecule has 0 spiro atoms. The van der Waals surface area contributed by atoms with Crippen LogP contribution in [0.4, 0.5) is 18.3 Å². The molecule has 0 unspecified atom stereocenters. The number of ether oxygens (including phenoxy) is 1. The van der Waals surface area contributed by atoms with E-state index in [1.54, 1.807) is 6.20 Å². The van der Waals surface area contributed by atoms with Gasteiger partial charge < -0.3 is 19.3 Å². The van der Waals surface area contributed by atoms with Gasteiger partial charge >= 0.3 is 6.18 Å². The number of para-hydroxylation sites is 1. The lowest BCUT2D eigenvalue weighted by atomic mass is 10.1. The number of piperidine rings is 1. The predicted molar refractivity (Wildman–Crippen MR) is 98.6 cm³/mol. The summed E-state index contributed by atoms with van der Waals surface area (Å²) in [5, 5.41) is 13.6. The van der Waals surface area contributed by atoms with Crippen molar-refractivity contribution in [3.8, 4) is 16.5 Å². The van der Waals surface area contributed by atoms with Crippen LogP contribution in [0.25, 0.3) is 10.7 Å². The maximum Gasteiger partial charge on any atom is 0.419 e. The number of aliphatic hydroxyl groups is 1. The number of nitrogens with zero attached hydrogens (tertiary/aromatic N) is 4. The fraction of sp³-hybridized carbons (Fsp3) is 0.389. The number of aliphatic hydroxyl groups excluding tert-OH is 1. The summed E-state index contributed by atoms with van der Waals surface area (Å²) in [6, 6.07) is 5.28. The molecular formula is C18H17F3N4O3S. The zero-order valence-corrected chi connectivity index (χ0v) is 15.9. The summed E-state index contributed by atoms with van der Waals surface area (Å²) in [5.74, 6) is 0.360. The Labute approximate surface area is 167 Å². The topological polar surface area (TPSA) is 84.5 Å². The van der Waals surface area contributed by atoms with Gasteiger partial charge in [0, 0.05) is 25.9 Å². The second kappa shape index (κ2) is 7.99. The van der Waals surface area contributed by atoms with Gasteiger partial charge in [0.05, 0.1) is 16.6 Å². The Balaban J connectivity index is 1.38. The fourth-order valence-electron chi connectivity index (χ4n) is 3.08. The summed E-state index contributed by atoms with van der Waals surface area (Å²) in [7, 11) is 0. The van der Waals surface area contributed by atoms with Crippen LogP contribution in [0.2, 0.25) is 0 Å². The van der Waals surface area contributed by atoms with Crippen LogP contribution in [0, 0.1) is 0 Å². The molecule has 7 nitrogen and oxygen atoms in total. The van der Waals surface area contributed by atoms with Crippen molar-refractivity contribution >= 4 is 16.5 Å². The number of hydrogen-bond donors (Lipinski definition) is 1. The maximum atomic E-state index is 13.1. The summed E-state index contributed by atoms with van der Waals surface area (Å²) >= 11 is 1.39. The molecular weight excluding hydrogens is 409 g/mol. The number of alkyl halides is 3. The first-order chi connectivity index (χ1) is 13.9. The molecule has 1 aromatic carbocycles. The Morgan fingerprint density at radius 3 is 2.69 bits per heavy atom. The zero-order valence-electron chi connectivity index (χ0n) is 15.1. The first kappa shape index (κ1) is 19.6. The molecule has 0 bridgehead atoms. The van der Waals surface area contributed by atoms with E-state index in [9.17, 15) is 13.2 Å². The van der Waals surface area contributed by atoms with Crippen LogP contribution in [-0.4, -0.2) is 39.4 Å². The lowest BCUT2D eigenvalue weighted by Gasteiger charge is -2.32. The molecule has 29 heavy (non-hydrogen) atoms. The number of thiazole rings is 1. The highest BCUT2D eigenvalue weighted by molar-refractivity contribution is 7.18. The van der Waals surface area contributed by atoms with Crippen molar-refractivity contribution in [2.75, 3.05) is 18.0 Å². The minimum Gasteiger partial charge on any atom is -0.490 e. The van der Waals surface area contributed by atoms with E-state index in [-0.39, 0.29) is 24.4 Å². The van der Waals surface area contributed by atoms with Crippen LogP contribution in [0.15, 0.2) is 35.0 Å². The molecule has 0 aliphatic carbocycles. The van der Waals surface area contributed by atoms with Crippen molar-refractivity contribution in [3.63, 3.8) is 0 Å². The summed E-state index contributed by atoms with van der Waals surface area (Å²) in [6.07, 6.45) is -1.94. The molecule has 0 radical (unpaired) electrons. The number of rotatable bonds is 5. The monoisotopic (exact) mass is 426 g/mol. The summed E-state index contributed by atoms with van der Waals surface area (Å²) in [5.41, 5.74) is -0.755. The molecule has 4 rings (SSSR count). The average molecular weight is 426 g/mol. The van der Waals surface area contributed by atoms with Gasteiger partial charge in [-0.3, -0.25) is 0 Å². The number of aromatic nitrogens is 3. The van der Waals surface area contributed by atoms with Crippen LogP contribution in [0.5, 0.6) is 5.75 Å². The third kappa shape index (κ3) is 4.35. The molecule has 0 amide bonds. The second-order valence-corrected chi connectivity index (χ2v) is 7.48. The number of benzene rings is 1. The highest BCUT2D eigenvalue weighted by atomic mass is 32.1. The van der Waals surface area contributed by atoms with Gasteiger partial charge in [-0.05, 0) is 12.1 Å². The normalized spacial score (nSPS) is 15.7. The first-order valence-electron chi connectivity index (χ1n) is 8.91. The van der Waals surface area contributed by atoms with E-state index in [0.29, 0.717) is 36.6 Å². The zero-order chi connectivity index (χ0) is 20.4. The second-order valence-electron chi connectivity index (χ2n) is 6.48. The largest absolute Gasteiger partial charge is 0.490 e. The van der Waals surface area contributed by atoms with E-state index in [4.69, 9.17) is 14.4 Å². The molecule has 1 aliphatic rings. The summed E-state index contributed by atoms with van der Waals surface area (Å²) in [4.78, 5) is 11.2. The van der Waals surface area contributed by atoms with Crippen LogP contribution in [-0.2, 0) is 12.8 Å². The SMILES string of the molecule is OCc1nc(-c2cnc(N3CCC(Oc4ccccc4C(F)(F)F)CC3)s2)no1. The van der Waals surface area contributed by atoms with E-state index in [1.807, 2.05) is 0 Å². The lowest BCUT2D eigenvalue weighted by Crippen LogP contribution is -2.38. The quantitative estimate of drug-likeness (QED) is 0.665. The molecule has 3 aromatic rings. The van der Waals surface area contributed by atoms with Crippen molar-refractivity contribution in [2.45, 2.75) is 31.7 Å². The third-order valence-corrected chi connectivity index (χ3v) is 5.57. The van der Waals surface area contributed by atoms with Gasteiger partial charge in [-0.15, -0.1) is 0 Å². The third-order valence-electron chi connectivity index (χ3n) is 4.52. The molecule has 11 heteroatoms. The van der Waals surface area contributed by atoms with E-state index >= 15 is 0 Å². The molecule has 154 valence electrons. The number of hydrogen-bond acceptors (Lipinski definition) is 8. The Hall–Kier alpha value is -2.66. The predicted octanol–water partition coefficient (Wildman–Crippen LogP) is 3.75. The van der Waals surface area contributed by atoms with Crippen molar-refractivity contribution in [1.82, 2.24) is 15.1 Å². The van der Waals surface area contributed by atoms with Crippen molar-refractivity contribution in [2.24, 2.45) is 0 Å². The molecule has 3 heterocycles. The smallest absolute Gasteiger partial charge is 0.419 e. The molecule has 1 saturated heterocycles. The average Bonchev–Trinajstić information content (AvgIpc) is 3.38. The van der Waals surface area contributed by atoms with Crippen LogP contribution >= 0.6 is 11.3 Å². The van der Waals surface area contributed by atoms with Gasteiger partial charge in [0.1, 0.15) is 18.5 Å². The number of halogens is 3. The van der Waals surface area contributed by atoms with Crippen molar-refractivity contribution in [1.29, 1.82) is 0 Å². The van der Waals surface area contributed by atoms with Gasteiger partial charge in [0.2, 0.25) is 5.82 Å².